The normalized spacial score (nSPS) is 10.7. The van der Waals surface area contributed by atoms with E-state index in [4.69, 9.17) is 0 Å². The summed E-state index contributed by atoms with van der Waals surface area (Å²) in [5.74, 6) is -0.531. The lowest BCUT2D eigenvalue weighted by Crippen LogP contribution is -2.17. The molecule has 0 fully saturated rings. The fourth-order valence-electron chi connectivity index (χ4n) is 1.52. The lowest BCUT2D eigenvalue weighted by Gasteiger charge is -2.02. The highest BCUT2D eigenvalue weighted by atomic mass is 79.9. The average molecular weight is 335 g/mol. The molecule has 0 heterocycles. The molecule has 0 spiro atoms. The molecule has 0 radical (unpaired) electrons. The number of carbonyl (C=O) groups excluding carboxylic acids is 1. The number of hydrogen-bond donors (Lipinski definition) is 3. The van der Waals surface area contributed by atoms with E-state index in [1.807, 2.05) is 0 Å². The maximum Gasteiger partial charge on any atom is 0.275 e. The maximum absolute atomic E-state index is 11.8. The summed E-state index contributed by atoms with van der Waals surface area (Å²) in [7, 11) is 0. The number of benzene rings is 2. The Morgan fingerprint density at radius 1 is 1.20 bits per heavy atom. The van der Waals surface area contributed by atoms with Crippen LogP contribution in [0.2, 0.25) is 0 Å². The van der Waals surface area contributed by atoms with E-state index >= 15 is 0 Å². The number of phenols is 2. The van der Waals surface area contributed by atoms with Crippen molar-refractivity contribution in [2.75, 3.05) is 0 Å². The van der Waals surface area contributed by atoms with E-state index in [0.717, 1.165) is 4.47 Å². The van der Waals surface area contributed by atoms with Gasteiger partial charge in [0.1, 0.15) is 11.5 Å². The van der Waals surface area contributed by atoms with E-state index < -0.39 is 5.91 Å². The molecule has 5 nitrogen and oxygen atoms in total. The Morgan fingerprint density at radius 3 is 2.70 bits per heavy atom. The molecule has 102 valence electrons. The molecule has 0 aliphatic heterocycles. The Balaban J connectivity index is 2.09. The fraction of sp³-hybridized carbons (Fsp3) is 0. The Morgan fingerprint density at radius 2 is 1.95 bits per heavy atom. The molecule has 0 bridgehead atoms. The molecule has 0 aliphatic rings. The van der Waals surface area contributed by atoms with Gasteiger partial charge >= 0.3 is 0 Å². The zero-order chi connectivity index (χ0) is 14.5. The topological polar surface area (TPSA) is 81.9 Å². The van der Waals surface area contributed by atoms with Crippen molar-refractivity contribution in [3.63, 3.8) is 0 Å². The third-order valence-corrected chi connectivity index (χ3v) is 3.22. The van der Waals surface area contributed by atoms with Gasteiger partial charge in [-0.1, -0.05) is 28.1 Å². The van der Waals surface area contributed by atoms with Crippen molar-refractivity contribution in [1.29, 1.82) is 0 Å². The van der Waals surface area contributed by atoms with Crippen LogP contribution in [0.15, 0.2) is 52.0 Å². The smallest absolute Gasteiger partial charge is 0.275 e. The van der Waals surface area contributed by atoms with Crippen molar-refractivity contribution >= 4 is 28.1 Å². The van der Waals surface area contributed by atoms with Gasteiger partial charge in [-0.05, 0) is 30.3 Å². The lowest BCUT2D eigenvalue weighted by molar-refractivity contribution is 0.0952. The molecule has 6 heteroatoms. The molecule has 2 aromatic carbocycles. The van der Waals surface area contributed by atoms with Crippen molar-refractivity contribution in [3.8, 4) is 11.5 Å². The summed E-state index contributed by atoms with van der Waals surface area (Å²) in [4.78, 5) is 11.8. The molecule has 0 saturated heterocycles. The van der Waals surface area contributed by atoms with Crippen LogP contribution in [0.5, 0.6) is 11.5 Å². The predicted octanol–water partition coefficient (Wildman–Crippen LogP) is 2.62. The standard InChI is InChI=1S/C14H11BrN2O3/c15-12-6-5-10(18)7-9(12)8-16-17-14(20)11-3-1-2-4-13(11)19/h1-8,18-19H,(H,17,20)/b16-8+. The van der Waals surface area contributed by atoms with Crippen molar-refractivity contribution < 1.29 is 15.0 Å². The first-order chi connectivity index (χ1) is 9.58. The number of para-hydroxylation sites is 1. The number of nitrogens with one attached hydrogen (secondary N) is 1. The summed E-state index contributed by atoms with van der Waals surface area (Å²) in [6.45, 7) is 0. The minimum absolute atomic E-state index is 0.0988. The van der Waals surface area contributed by atoms with Crippen molar-refractivity contribution in [3.05, 3.63) is 58.1 Å². The van der Waals surface area contributed by atoms with Crippen molar-refractivity contribution in [2.45, 2.75) is 0 Å². The van der Waals surface area contributed by atoms with Crippen LogP contribution < -0.4 is 5.43 Å². The van der Waals surface area contributed by atoms with Gasteiger partial charge in [0.15, 0.2) is 0 Å². The molecule has 0 atom stereocenters. The molecule has 0 saturated carbocycles. The van der Waals surface area contributed by atoms with E-state index in [1.54, 1.807) is 18.2 Å². The zero-order valence-electron chi connectivity index (χ0n) is 10.2. The lowest BCUT2D eigenvalue weighted by atomic mass is 10.2. The molecular weight excluding hydrogens is 324 g/mol. The summed E-state index contributed by atoms with van der Waals surface area (Å²) in [6, 6.07) is 10.9. The van der Waals surface area contributed by atoms with Crippen LogP contribution in [0.4, 0.5) is 0 Å². The SMILES string of the molecule is O=C(N/N=C/c1cc(O)ccc1Br)c1ccccc1O. The first-order valence-electron chi connectivity index (χ1n) is 5.68. The van der Waals surface area contributed by atoms with Gasteiger partial charge in [-0.25, -0.2) is 5.43 Å². The van der Waals surface area contributed by atoms with E-state index in [0.29, 0.717) is 5.56 Å². The number of aromatic hydroxyl groups is 2. The molecule has 2 rings (SSSR count). The van der Waals surface area contributed by atoms with Crippen LogP contribution >= 0.6 is 15.9 Å². The molecule has 0 aromatic heterocycles. The molecule has 0 unspecified atom stereocenters. The second kappa shape index (κ2) is 6.21. The van der Waals surface area contributed by atoms with Gasteiger partial charge in [0.05, 0.1) is 11.8 Å². The van der Waals surface area contributed by atoms with Crippen LogP contribution in [-0.2, 0) is 0 Å². The monoisotopic (exact) mass is 334 g/mol. The van der Waals surface area contributed by atoms with Gasteiger partial charge in [-0.3, -0.25) is 4.79 Å². The molecule has 1 amide bonds. The molecular formula is C14H11BrN2O3. The molecule has 0 aliphatic carbocycles. The Labute approximate surface area is 123 Å². The number of rotatable bonds is 3. The quantitative estimate of drug-likeness (QED) is 0.596. The number of amides is 1. The van der Waals surface area contributed by atoms with E-state index in [2.05, 4.69) is 26.5 Å². The van der Waals surface area contributed by atoms with E-state index in [1.165, 1.54) is 30.5 Å². The first-order valence-corrected chi connectivity index (χ1v) is 6.47. The van der Waals surface area contributed by atoms with Gasteiger partial charge in [-0.2, -0.15) is 5.10 Å². The van der Waals surface area contributed by atoms with Gasteiger partial charge in [0.25, 0.3) is 5.91 Å². The fourth-order valence-corrected chi connectivity index (χ4v) is 1.87. The van der Waals surface area contributed by atoms with Crippen molar-refractivity contribution in [2.24, 2.45) is 5.10 Å². The molecule has 20 heavy (non-hydrogen) atoms. The number of phenolic OH excluding ortho intramolecular Hbond substituents is 2. The third-order valence-electron chi connectivity index (χ3n) is 2.50. The zero-order valence-corrected chi connectivity index (χ0v) is 11.8. The third kappa shape index (κ3) is 3.36. The number of carbonyl (C=O) groups is 1. The van der Waals surface area contributed by atoms with E-state index in [9.17, 15) is 15.0 Å². The first kappa shape index (κ1) is 14.1. The number of hydrazone groups is 1. The van der Waals surface area contributed by atoms with Crippen LogP contribution in [0.1, 0.15) is 15.9 Å². The minimum Gasteiger partial charge on any atom is -0.508 e. The van der Waals surface area contributed by atoms with Crippen LogP contribution in [0, 0.1) is 0 Å². The summed E-state index contributed by atoms with van der Waals surface area (Å²) in [5, 5.41) is 22.7. The number of nitrogens with zero attached hydrogens (tertiary/aromatic N) is 1. The largest absolute Gasteiger partial charge is 0.508 e. The van der Waals surface area contributed by atoms with Gasteiger partial charge < -0.3 is 10.2 Å². The second-order valence-corrected chi connectivity index (χ2v) is 4.78. The highest BCUT2D eigenvalue weighted by Gasteiger charge is 2.08. The number of hydrogen-bond acceptors (Lipinski definition) is 4. The Kier molecular flexibility index (Phi) is 4.37. The molecule has 2 aromatic rings. The number of halogens is 1. The van der Waals surface area contributed by atoms with Crippen molar-refractivity contribution in [1.82, 2.24) is 5.43 Å². The highest BCUT2D eigenvalue weighted by molar-refractivity contribution is 9.10. The maximum atomic E-state index is 11.8. The molecule has 3 N–H and O–H groups in total. The Bertz CT molecular complexity index is 671. The van der Waals surface area contributed by atoms with Crippen LogP contribution in [0.25, 0.3) is 0 Å². The summed E-state index contributed by atoms with van der Waals surface area (Å²) < 4.78 is 0.732. The highest BCUT2D eigenvalue weighted by Crippen LogP contribution is 2.20. The van der Waals surface area contributed by atoms with Gasteiger partial charge in [0.2, 0.25) is 0 Å². The Hall–Kier alpha value is -2.34. The minimum atomic E-state index is -0.518. The van der Waals surface area contributed by atoms with E-state index in [-0.39, 0.29) is 17.1 Å². The average Bonchev–Trinajstić information content (AvgIpc) is 2.43. The summed E-state index contributed by atoms with van der Waals surface area (Å²) in [6.07, 6.45) is 1.39. The second-order valence-electron chi connectivity index (χ2n) is 3.92. The predicted molar refractivity (Wildman–Crippen MR) is 79.0 cm³/mol. The van der Waals surface area contributed by atoms with Crippen LogP contribution in [-0.4, -0.2) is 22.3 Å². The van der Waals surface area contributed by atoms with Gasteiger partial charge in [0, 0.05) is 10.0 Å². The summed E-state index contributed by atoms with van der Waals surface area (Å²) in [5.41, 5.74) is 3.06. The van der Waals surface area contributed by atoms with Gasteiger partial charge in [-0.15, -0.1) is 0 Å². The van der Waals surface area contributed by atoms with Crippen LogP contribution in [0.3, 0.4) is 0 Å². The summed E-state index contributed by atoms with van der Waals surface area (Å²) >= 11 is 3.30.